The van der Waals surface area contributed by atoms with Crippen molar-refractivity contribution in [2.24, 2.45) is 0 Å². The molecule has 1 fully saturated rings. The lowest BCUT2D eigenvalue weighted by atomic mass is 9.87. The second-order valence-electron chi connectivity index (χ2n) is 6.38. The maximum absolute atomic E-state index is 5.78. The monoisotopic (exact) mass is 376 g/mol. The Morgan fingerprint density at radius 2 is 1.91 bits per heavy atom. The van der Waals surface area contributed by atoms with Crippen molar-refractivity contribution < 1.29 is 9.47 Å². The Morgan fingerprint density at radius 1 is 1.04 bits per heavy atom. The van der Waals surface area contributed by atoms with Crippen LogP contribution in [-0.4, -0.2) is 28.2 Å². The van der Waals surface area contributed by atoms with Gasteiger partial charge in [0, 0.05) is 28.4 Å². The standard InChI is InChI=1S/C18H21BrN2O2/c19-14-4-1-3-12(9-14)15-11-16(21-20-15)13-5-6-17-18(10-13)23-8-2-7-22-17/h5-6,10-12,14H,1-4,7-9H2,(H,20,21). The van der Waals surface area contributed by atoms with Crippen LogP contribution in [-0.2, 0) is 0 Å². The van der Waals surface area contributed by atoms with Gasteiger partial charge in [-0.2, -0.15) is 5.10 Å². The third-order valence-corrected chi connectivity index (χ3v) is 5.52. The lowest BCUT2D eigenvalue weighted by Gasteiger charge is -2.24. The summed E-state index contributed by atoms with van der Waals surface area (Å²) in [5, 5.41) is 7.77. The molecule has 2 unspecified atom stereocenters. The second kappa shape index (κ2) is 6.56. The molecule has 2 atom stereocenters. The molecule has 1 saturated carbocycles. The molecule has 2 aromatic rings. The highest BCUT2D eigenvalue weighted by molar-refractivity contribution is 9.09. The van der Waals surface area contributed by atoms with Crippen LogP contribution in [0, 0.1) is 0 Å². The van der Waals surface area contributed by atoms with Gasteiger partial charge in [0.15, 0.2) is 11.5 Å². The average molecular weight is 377 g/mol. The molecule has 1 aromatic carbocycles. The van der Waals surface area contributed by atoms with Crippen LogP contribution in [0.25, 0.3) is 11.3 Å². The molecule has 2 aliphatic rings. The van der Waals surface area contributed by atoms with E-state index >= 15 is 0 Å². The van der Waals surface area contributed by atoms with Gasteiger partial charge < -0.3 is 9.47 Å². The van der Waals surface area contributed by atoms with Crippen molar-refractivity contribution in [2.45, 2.75) is 42.8 Å². The lowest BCUT2D eigenvalue weighted by Crippen LogP contribution is -2.13. The van der Waals surface area contributed by atoms with Gasteiger partial charge in [0.1, 0.15) is 0 Å². The number of ether oxygens (including phenoxy) is 2. The topological polar surface area (TPSA) is 47.1 Å². The highest BCUT2D eigenvalue weighted by atomic mass is 79.9. The second-order valence-corrected chi connectivity index (χ2v) is 7.68. The minimum atomic E-state index is 0.579. The molecule has 1 aliphatic carbocycles. The molecule has 1 aliphatic heterocycles. The number of hydrogen-bond acceptors (Lipinski definition) is 3. The quantitative estimate of drug-likeness (QED) is 0.775. The Bertz CT molecular complexity index is 685. The molecule has 0 saturated heterocycles. The minimum Gasteiger partial charge on any atom is -0.490 e. The van der Waals surface area contributed by atoms with E-state index in [4.69, 9.17) is 9.47 Å². The van der Waals surface area contributed by atoms with E-state index in [-0.39, 0.29) is 0 Å². The van der Waals surface area contributed by atoms with Crippen LogP contribution < -0.4 is 9.47 Å². The number of fused-ring (bicyclic) bond motifs is 1. The third kappa shape index (κ3) is 3.25. The summed E-state index contributed by atoms with van der Waals surface area (Å²) in [5.41, 5.74) is 3.30. The summed E-state index contributed by atoms with van der Waals surface area (Å²) in [6.45, 7) is 1.42. The highest BCUT2D eigenvalue weighted by Gasteiger charge is 2.23. The van der Waals surface area contributed by atoms with Crippen LogP contribution in [0.1, 0.15) is 43.7 Å². The zero-order valence-corrected chi connectivity index (χ0v) is 14.6. The Labute approximate surface area is 144 Å². The van der Waals surface area contributed by atoms with Crippen LogP contribution in [0.3, 0.4) is 0 Å². The molecule has 122 valence electrons. The van der Waals surface area contributed by atoms with Crippen molar-refractivity contribution in [1.29, 1.82) is 0 Å². The Hall–Kier alpha value is -1.49. The van der Waals surface area contributed by atoms with Gasteiger partial charge in [-0.3, -0.25) is 5.10 Å². The fourth-order valence-electron chi connectivity index (χ4n) is 3.43. The van der Waals surface area contributed by atoms with Crippen molar-refractivity contribution in [3.05, 3.63) is 30.0 Å². The van der Waals surface area contributed by atoms with Crippen LogP contribution in [0.15, 0.2) is 24.3 Å². The van der Waals surface area contributed by atoms with E-state index in [9.17, 15) is 0 Å². The molecule has 0 amide bonds. The summed E-state index contributed by atoms with van der Waals surface area (Å²) in [7, 11) is 0. The number of aromatic nitrogens is 2. The van der Waals surface area contributed by atoms with E-state index in [1.807, 2.05) is 12.1 Å². The number of rotatable bonds is 2. The van der Waals surface area contributed by atoms with Crippen LogP contribution in [0.2, 0.25) is 0 Å². The molecule has 1 N–H and O–H groups in total. The molecule has 1 aromatic heterocycles. The summed E-state index contributed by atoms with van der Waals surface area (Å²) >= 11 is 3.76. The summed E-state index contributed by atoms with van der Waals surface area (Å²) < 4.78 is 11.5. The van der Waals surface area contributed by atoms with Crippen molar-refractivity contribution in [3.8, 4) is 22.8 Å². The SMILES string of the molecule is BrC1CCCC(c2cc(-c3ccc4c(c3)OCCCO4)n[nH]2)C1. The first kappa shape index (κ1) is 15.1. The van der Waals surface area contributed by atoms with E-state index in [1.165, 1.54) is 31.4 Å². The number of aromatic amines is 1. The largest absolute Gasteiger partial charge is 0.490 e. The van der Waals surface area contributed by atoms with Gasteiger partial charge >= 0.3 is 0 Å². The molecule has 2 heterocycles. The number of nitrogens with one attached hydrogen (secondary N) is 1. The van der Waals surface area contributed by atoms with E-state index < -0.39 is 0 Å². The van der Waals surface area contributed by atoms with Gasteiger partial charge in [-0.05, 0) is 43.5 Å². The van der Waals surface area contributed by atoms with Gasteiger partial charge in [-0.25, -0.2) is 0 Å². The molecule has 0 bridgehead atoms. The molecule has 0 spiro atoms. The van der Waals surface area contributed by atoms with Crippen LogP contribution in [0.4, 0.5) is 0 Å². The predicted molar refractivity (Wildman–Crippen MR) is 93.6 cm³/mol. The zero-order chi connectivity index (χ0) is 15.6. The Morgan fingerprint density at radius 3 is 2.78 bits per heavy atom. The molecular formula is C18H21BrN2O2. The lowest BCUT2D eigenvalue weighted by molar-refractivity contribution is 0.297. The number of benzene rings is 1. The van der Waals surface area contributed by atoms with E-state index in [1.54, 1.807) is 0 Å². The normalized spacial score (nSPS) is 24.2. The summed E-state index contributed by atoms with van der Waals surface area (Å²) in [4.78, 5) is 0.631. The molecule has 0 radical (unpaired) electrons. The van der Waals surface area contributed by atoms with Gasteiger partial charge in [0.25, 0.3) is 0 Å². The van der Waals surface area contributed by atoms with Crippen molar-refractivity contribution in [2.75, 3.05) is 13.2 Å². The van der Waals surface area contributed by atoms with Crippen molar-refractivity contribution in [1.82, 2.24) is 10.2 Å². The first-order valence-corrected chi connectivity index (χ1v) is 9.30. The third-order valence-electron chi connectivity index (χ3n) is 4.69. The zero-order valence-electron chi connectivity index (χ0n) is 13.1. The van der Waals surface area contributed by atoms with Crippen molar-refractivity contribution in [3.63, 3.8) is 0 Å². The van der Waals surface area contributed by atoms with Gasteiger partial charge in [0.2, 0.25) is 0 Å². The minimum absolute atomic E-state index is 0.579. The first-order chi connectivity index (χ1) is 11.3. The van der Waals surface area contributed by atoms with E-state index in [2.05, 4.69) is 38.3 Å². The molecule has 4 nitrogen and oxygen atoms in total. The van der Waals surface area contributed by atoms with Crippen LogP contribution in [0.5, 0.6) is 11.5 Å². The van der Waals surface area contributed by atoms with Gasteiger partial charge in [-0.1, -0.05) is 22.4 Å². The molecule has 23 heavy (non-hydrogen) atoms. The summed E-state index contributed by atoms with van der Waals surface area (Å²) in [6.07, 6.45) is 5.90. The van der Waals surface area contributed by atoms with E-state index in [0.717, 1.165) is 29.2 Å². The summed E-state index contributed by atoms with van der Waals surface area (Å²) in [5.74, 6) is 2.23. The number of alkyl halides is 1. The number of H-pyrrole nitrogens is 1. The number of nitrogens with zero attached hydrogens (tertiary/aromatic N) is 1. The highest BCUT2D eigenvalue weighted by Crippen LogP contribution is 2.37. The number of halogens is 1. The maximum atomic E-state index is 5.78. The fourth-order valence-corrected chi connectivity index (χ4v) is 4.20. The summed E-state index contributed by atoms with van der Waals surface area (Å²) in [6, 6.07) is 8.27. The average Bonchev–Trinajstić information content (AvgIpc) is 2.94. The van der Waals surface area contributed by atoms with Gasteiger partial charge in [0.05, 0.1) is 18.9 Å². The smallest absolute Gasteiger partial charge is 0.161 e. The Balaban J connectivity index is 1.58. The molecule has 5 heteroatoms. The van der Waals surface area contributed by atoms with Crippen LogP contribution >= 0.6 is 15.9 Å². The Kier molecular flexibility index (Phi) is 4.29. The maximum Gasteiger partial charge on any atom is 0.161 e. The molecular weight excluding hydrogens is 356 g/mol. The first-order valence-electron chi connectivity index (χ1n) is 8.39. The van der Waals surface area contributed by atoms with E-state index in [0.29, 0.717) is 24.0 Å². The predicted octanol–water partition coefficient (Wildman–Crippen LogP) is 4.66. The van der Waals surface area contributed by atoms with Crippen molar-refractivity contribution >= 4 is 15.9 Å². The van der Waals surface area contributed by atoms with Gasteiger partial charge in [-0.15, -0.1) is 0 Å². The molecule has 4 rings (SSSR count). The fraction of sp³-hybridized carbons (Fsp3) is 0.500. The number of hydrogen-bond donors (Lipinski definition) is 1.